The second kappa shape index (κ2) is 6.04. The van der Waals surface area contributed by atoms with Gasteiger partial charge in [-0.1, -0.05) is 31.9 Å². The molecule has 0 radical (unpaired) electrons. The first-order valence-electron chi connectivity index (χ1n) is 5.01. The van der Waals surface area contributed by atoms with Gasteiger partial charge in [-0.15, -0.1) is 5.26 Å². The molecule has 0 amide bonds. The van der Waals surface area contributed by atoms with Crippen molar-refractivity contribution in [3.8, 4) is 12.0 Å². The van der Waals surface area contributed by atoms with Gasteiger partial charge >= 0.3 is 0 Å². The van der Waals surface area contributed by atoms with E-state index in [9.17, 15) is 0 Å². The van der Waals surface area contributed by atoms with Crippen molar-refractivity contribution < 1.29 is 4.74 Å². The van der Waals surface area contributed by atoms with Crippen LogP contribution in [0.3, 0.4) is 0 Å². The van der Waals surface area contributed by atoms with Gasteiger partial charge in [0.1, 0.15) is 5.75 Å². The third-order valence-electron chi connectivity index (χ3n) is 2.16. The monoisotopic (exact) mass is 189 g/mol. The van der Waals surface area contributed by atoms with Gasteiger partial charge < -0.3 is 4.74 Å². The third kappa shape index (κ3) is 3.49. The number of nitriles is 1. The summed E-state index contributed by atoms with van der Waals surface area (Å²) in [6, 6.07) is 7.71. The number of unbranched alkanes of at least 4 members (excludes halogenated alkanes) is 2. The minimum Gasteiger partial charge on any atom is -0.388 e. The molecule has 1 aromatic rings. The summed E-state index contributed by atoms with van der Waals surface area (Å²) in [4.78, 5) is 0. The van der Waals surface area contributed by atoms with E-state index in [2.05, 4.69) is 6.92 Å². The van der Waals surface area contributed by atoms with Crippen LogP contribution in [0.25, 0.3) is 0 Å². The molecule has 0 aromatic heterocycles. The lowest BCUT2D eigenvalue weighted by molar-refractivity contribution is 0.507. The molecule has 74 valence electrons. The highest BCUT2D eigenvalue weighted by atomic mass is 16.5. The molecule has 0 saturated carbocycles. The first kappa shape index (κ1) is 10.6. The van der Waals surface area contributed by atoms with Gasteiger partial charge in [0, 0.05) is 0 Å². The smallest absolute Gasteiger partial charge is 0.292 e. The Bertz CT molecular complexity index is 297. The van der Waals surface area contributed by atoms with Crippen LogP contribution in [0.4, 0.5) is 0 Å². The van der Waals surface area contributed by atoms with Crippen LogP contribution < -0.4 is 4.74 Å². The van der Waals surface area contributed by atoms with E-state index < -0.39 is 0 Å². The van der Waals surface area contributed by atoms with Crippen molar-refractivity contribution in [2.24, 2.45) is 0 Å². The molecule has 0 aliphatic rings. The topological polar surface area (TPSA) is 33.0 Å². The number of ether oxygens (including phenoxy) is 1. The predicted octanol–water partition coefficient (Wildman–Crippen LogP) is 3.28. The molecular formula is C12H15NO. The highest BCUT2D eigenvalue weighted by Gasteiger charge is 1.95. The van der Waals surface area contributed by atoms with Crippen molar-refractivity contribution in [1.29, 1.82) is 5.26 Å². The average molecular weight is 189 g/mol. The van der Waals surface area contributed by atoms with E-state index >= 15 is 0 Å². The van der Waals surface area contributed by atoms with E-state index in [4.69, 9.17) is 10.00 Å². The standard InChI is InChI=1S/C12H15NO/c1-2-3-4-5-11-6-8-12(9-7-11)14-10-13/h6-9H,2-5H2,1H3. The fourth-order valence-corrected chi connectivity index (χ4v) is 1.36. The molecular weight excluding hydrogens is 174 g/mol. The molecule has 14 heavy (non-hydrogen) atoms. The van der Waals surface area contributed by atoms with Gasteiger partial charge in [0.2, 0.25) is 0 Å². The van der Waals surface area contributed by atoms with E-state index in [0.29, 0.717) is 5.75 Å². The van der Waals surface area contributed by atoms with Crippen LogP contribution in [-0.4, -0.2) is 0 Å². The van der Waals surface area contributed by atoms with Crippen LogP contribution in [0.15, 0.2) is 24.3 Å². The van der Waals surface area contributed by atoms with Crippen molar-refractivity contribution in [3.05, 3.63) is 29.8 Å². The zero-order chi connectivity index (χ0) is 10.2. The average Bonchev–Trinajstić information content (AvgIpc) is 2.21. The summed E-state index contributed by atoms with van der Waals surface area (Å²) >= 11 is 0. The number of rotatable bonds is 5. The van der Waals surface area contributed by atoms with Crippen molar-refractivity contribution >= 4 is 0 Å². The highest BCUT2D eigenvalue weighted by Crippen LogP contribution is 2.13. The maximum absolute atomic E-state index is 8.29. The molecule has 0 bridgehead atoms. The first-order chi connectivity index (χ1) is 6.86. The summed E-state index contributed by atoms with van der Waals surface area (Å²) in [5, 5.41) is 8.29. The molecule has 0 saturated heterocycles. The molecule has 0 spiro atoms. The number of hydrogen-bond donors (Lipinski definition) is 0. The molecule has 0 atom stereocenters. The van der Waals surface area contributed by atoms with Crippen molar-refractivity contribution in [1.82, 2.24) is 0 Å². The van der Waals surface area contributed by atoms with Gasteiger partial charge in [0.15, 0.2) is 0 Å². The molecule has 1 aromatic carbocycles. The lowest BCUT2D eigenvalue weighted by Gasteiger charge is -2.01. The van der Waals surface area contributed by atoms with Crippen LogP contribution >= 0.6 is 0 Å². The number of hydrogen-bond acceptors (Lipinski definition) is 2. The Morgan fingerprint density at radius 1 is 1.21 bits per heavy atom. The zero-order valence-corrected chi connectivity index (χ0v) is 8.49. The lowest BCUT2D eigenvalue weighted by Crippen LogP contribution is -1.86. The SMILES string of the molecule is CCCCCc1ccc(OC#N)cc1. The van der Waals surface area contributed by atoms with Crippen LogP contribution in [-0.2, 0) is 6.42 Å². The molecule has 0 aliphatic heterocycles. The Morgan fingerprint density at radius 2 is 1.93 bits per heavy atom. The summed E-state index contributed by atoms with van der Waals surface area (Å²) in [5.74, 6) is 0.617. The van der Waals surface area contributed by atoms with Gasteiger partial charge in [-0.05, 0) is 30.5 Å². The molecule has 1 rings (SSSR count). The first-order valence-corrected chi connectivity index (χ1v) is 5.01. The van der Waals surface area contributed by atoms with Gasteiger partial charge in [-0.2, -0.15) is 0 Å². The molecule has 0 heterocycles. The van der Waals surface area contributed by atoms with Gasteiger partial charge in [-0.25, -0.2) is 0 Å². The fourth-order valence-electron chi connectivity index (χ4n) is 1.36. The largest absolute Gasteiger partial charge is 0.388 e. The minimum atomic E-state index is 0.617. The van der Waals surface area contributed by atoms with E-state index in [1.54, 1.807) is 6.26 Å². The van der Waals surface area contributed by atoms with Crippen LogP contribution in [0.2, 0.25) is 0 Å². The normalized spacial score (nSPS) is 9.43. The number of aryl methyl sites for hydroxylation is 1. The maximum Gasteiger partial charge on any atom is 0.292 e. The van der Waals surface area contributed by atoms with Crippen molar-refractivity contribution in [3.63, 3.8) is 0 Å². The highest BCUT2D eigenvalue weighted by molar-refractivity contribution is 5.27. The molecule has 2 heteroatoms. The quantitative estimate of drug-likeness (QED) is 0.526. The van der Waals surface area contributed by atoms with E-state index in [1.807, 2.05) is 24.3 Å². The number of benzene rings is 1. The minimum absolute atomic E-state index is 0.617. The van der Waals surface area contributed by atoms with Crippen LogP contribution in [0.5, 0.6) is 5.75 Å². The summed E-state index contributed by atoms with van der Waals surface area (Å²) < 4.78 is 4.69. The summed E-state index contributed by atoms with van der Waals surface area (Å²) in [7, 11) is 0. The Balaban J connectivity index is 2.43. The van der Waals surface area contributed by atoms with E-state index in [1.165, 1.54) is 24.8 Å². The van der Waals surface area contributed by atoms with Gasteiger partial charge in [0.25, 0.3) is 6.26 Å². The van der Waals surface area contributed by atoms with Gasteiger partial charge in [-0.3, -0.25) is 0 Å². The van der Waals surface area contributed by atoms with E-state index in [-0.39, 0.29) is 0 Å². The third-order valence-corrected chi connectivity index (χ3v) is 2.16. The molecule has 0 N–H and O–H groups in total. The Labute approximate surface area is 85.1 Å². The summed E-state index contributed by atoms with van der Waals surface area (Å²) in [6.07, 6.45) is 6.52. The van der Waals surface area contributed by atoms with Gasteiger partial charge in [0.05, 0.1) is 0 Å². The Kier molecular flexibility index (Phi) is 4.57. The molecule has 2 nitrogen and oxygen atoms in total. The number of nitrogens with zero attached hydrogens (tertiary/aromatic N) is 1. The summed E-state index contributed by atoms with van der Waals surface area (Å²) in [6.45, 7) is 2.20. The Morgan fingerprint density at radius 3 is 2.50 bits per heavy atom. The lowest BCUT2D eigenvalue weighted by atomic mass is 10.1. The van der Waals surface area contributed by atoms with E-state index in [0.717, 1.165) is 6.42 Å². The molecule has 0 unspecified atom stereocenters. The fraction of sp³-hybridized carbons (Fsp3) is 0.417. The molecule has 0 aliphatic carbocycles. The zero-order valence-electron chi connectivity index (χ0n) is 8.49. The molecule has 0 fully saturated rings. The van der Waals surface area contributed by atoms with Crippen LogP contribution in [0, 0.1) is 11.5 Å². The maximum atomic E-state index is 8.29. The van der Waals surface area contributed by atoms with Crippen molar-refractivity contribution in [2.75, 3.05) is 0 Å². The van der Waals surface area contributed by atoms with Crippen molar-refractivity contribution in [2.45, 2.75) is 32.6 Å². The van der Waals surface area contributed by atoms with Crippen LogP contribution in [0.1, 0.15) is 31.7 Å². The second-order valence-electron chi connectivity index (χ2n) is 3.29. The summed E-state index contributed by atoms with van der Waals surface area (Å²) in [5.41, 5.74) is 1.31. The predicted molar refractivity (Wildman–Crippen MR) is 55.9 cm³/mol. The Hall–Kier alpha value is -1.49. The second-order valence-corrected chi connectivity index (χ2v) is 3.29.